The van der Waals surface area contributed by atoms with Crippen LogP contribution < -0.4 is 10.6 Å². The number of hydrogen-bond acceptors (Lipinski definition) is 5. The van der Waals surface area contributed by atoms with Crippen LogP contribution in [0.15, 0.2) is 18.2 Å². The highest BCUT2D eigenvalue weighted by atomic mass is 16.6. The third-order valence-electron chi connectivity index (χ3n) is 5.32. The molecule has 1 rings (SSSR count). The lowest BCUT2D eigenvalue weighted by molar-refractivity contribution is -0.143. The van der Waals surface area contributed by atoms with E-state index in [1.54, 1.807) is 20.8 Å². The highest BCUT2D eigenvalue weighted by Gasteiger charge is 2.36. The number of nitrogens with zero attached hydrogens (tertiary/aromatic N) is 1. The fourth-order valence-corrected chi connectivity index (χ4v) is 3.78. The summed E-state index contributed by atoms with van der Waals surface area (Å²) in [5.41, 5.74) is 1.81. The van der Waals surface area contributed by atoms with Gasteiger partial charge in [0.15, 0.2) is 0 Å². The van der Waals surface area contributed by atoms with Gasteiger partial charge in [0.1, 0.15) is 17.7 Å². The summed E-state index contributed by atoms with van der Waals surface area (Å²) in [5, 5.41) is 15.4. The number of aliphatic hydroxyl groups is 1. The van der Waals surface area contributed by atoms with Gasteiger partial charge in [-0.3, -0.25) is 9.59 Å². The SMILES string of the molecule is CCCC(C)NC(=O)C(c1cc(C)ccc1C)N(CCC)C(=O)C(CO)NC(=O)OC(C)(C)C. The monoisotopic (exact) mass is 477 g/mol. The Balaban J connectivity index is 3.41. The molecule has 0 spiro atoms. The second kappa shape index (κ2) is 13.3. The van der Waals surface area contributed by atoms with Crippen LogP contribution in [0.2, 0.25) is 0 Å². The van der Waals surface area contributed by atoms with Gasteiger partial charge in [-0.25, -0.2) is 4.79 Å². The van der Waals surface area contributed by atoms with Crippen LogP contribution in [0.25, 0.3) is 0 Å². The van der Waals surface area contributed by atoms with Crippen molar-refractivity contribution in [3.05, 3.63) is 34.9 Å². The quantitative estimate of drug-likeness (QED) is 0.450. The highest BCUT2D eigenvalue weighted by Crippen LogP contribution is 2.27. The summed E-state index contributed by atoms with van der Waals surface area (Å²) in [5.74, 6) is -0.829. The lowest BCUT2D eigenvalue weighted by Crippen LogP contribution is -2.55. The van der Waals surface area contributed by atoms with E-state index in [2.05, 4.69) is 10.6 Å². The third-order valence-corrected chi connectivity index (χ3v) is 5.32. The molecule has 0 aromatic heterocycles. The van der Waals surface area contributed by atoms with E-state index in [1.165, 1.54) is 4.90 Å². The molecule has 8 heteroatoms. The van der Waals surface area contributed by atoms with Gasteiger partial charge in [0, 0.05) is 12.6 Å². The first-order chi connectivity index (χ1) is 15.8. The van der Waals surface area contributed by atoms with Crippen molar-refractivity contribution in [1.82, 2.24) is 15.5 Å². The molecule has 0 aliphatic carbocycles. The lowest BCUT2D eigenvalue weighted by Gasteiger charge is -2.35. The maximum Gasteiger partial charge on any atom is 0.408 e. The van der Waals surface area contributed by atoms with Gasteiger partial charge in [0.2, 0.25) is 11.8 Å². The maximum atomic E-state index is 13.6. The van der Waals surface area contributed by atoms with Crippen molar-refractivity contribution in [1.29, 1.82) is 0 Å². The molecule has 0 bridgehead atoms. The minimum absolute atomic E-state index is 0.0581. The molecule has 0 radical (unpaired) electrons. The van der Waals surface area contributed by atoms with Crippen molar-refractivity contribution in [3.8, 4) is 0 Å². The van der Waals surface area contributed by atoms with E-state index in [0.717, 1.165) is 29.5 Å². The number of alkyl carbamates (subject to hydrolysis) is 1. The molecule has 3 amide bonds. The minimum Gasteiger partial charge on any atom is -0.444 e. The van der Waals surface area contributed by atoms with Crippen molar-refractivity contribution in [2.45, 2.75) is 98.4 Å². The van der Waals surface area contributed by atoms with Crippen molar-refractivity contribution in [3.63, 3.8) is 0 Å². The second-order valence-corrected chi connectivity index (χ2v) is 9.87. The van der Waals surface area contributed by atoms with Crippen molar-refractivity contribution in [2.24, 2.45) is 0 Å². The van der Waals surface area contributed by atoms with E-state index >= 15 is 0 Å². The van der Waals surface area contributed by atoms with Crippen LogP contribution in [0, 0.1) is 13.8 Å². The zero-order valence-electron chi connectivity index (χ0n) is 22.0. The fraction of sp³-hybridized carbons (Fsp3) is 0.654. The maximum absolute atomic E-state index is 13.6. The normalized spacial score (nSPS) is 14.0. The molecule has 34 heavy (non-hydrogen) atoms. The zero-order chi connectivity index (χ0) is 26.1. The summed E-state index contributed by atoms with van der Waals surface area (Å²) in [4.78, 5) is 40.9. The van der Waals surface area contributed by atoms with Gasteiger partial charge in [-0.15, -0.1) is 0 Å². The van der Waals surface area contributed by atoms with Crippen molar-refractivity contribution < 1.29 is 24.2 Å². The number of nitrogens with one attached hydrogen (secondary N) is 2. The molecule has 3 atom stereocenters. The van der Waals surface area contributed by atoms with Crippen LogP contribution >= 0.6 is 0 Å². The Morgan fingerprint density at radius 1 is 1.09 bits per heavy atom. The van der Waals surface area contributed by atoms with E-state index in [4.69, 9.17) is 4.74 Å². The van der Waals surface area contributed by atoms with E-state index in [9.17, 15) is 19.5 Å². The van der Waals surface area contributed by atoms with E-state index in [0.29, 0.717) is 6.42 Å². The molecule has 0 heterocycles. The smallest absolute Gasteiger partial charge is 0.408 e. The second-order valence-electron chi connectivity index (χ2n) is 9.87. The van der Waals surface area contributed by atoms with Crippen molar-refractivity contribution in [2.75, 3.05) is 13.2 Å². The molecule has 1 aromatic rings. The van der Waals surface area contributed by atoms with Gasteiger partial charge >= 0.3 is 6.09 Å². The molecule has 0 fully saturated rings. The first kappa shape index (κ1) is 29.4. The number of aryl methyl sites for hydroxylation is 2. The Labute approximate surface area is 204 Å². The van der Waals surface area contributed by atoms with Crippen molar-refractivity contribution >= 4 is 17.9 Å². The molecule has 0 aliphatic rings. The number of rotatable bonds is 11. The Bertz CT molecular complexity index is 834. The Morgan fingerprint density at radius 2 is 1.74 bits per heavy atom. The Morgan fingerprint density at radius 3 is 2.26 bits per heavy atom. The highest BCUT2D eigenvalue weighted by molar-refractivity contribution is 5.92. The van der Waals surface area contributed by atoms with Crippen LogP contribution in [-0.2, 0) is 14.3 Å². The summed E-state index contributed by atoms with van der Waals surface area (Å²) in [6.07, 6.45) is 1.52. The van der Waals surface area contributed by atoms with E-state index < -0.39 is 36.3 Å². The number of carbonyl (C=O) groups is 3. The summed E-state index contributed by atoms with van der Waals surface area (Å²) in [6.45, 7) is 14.5. The fourth-order valence-electron chi connectivity index (χ4n) is 3.78. The van der Waals surface area contributed by atoms with Gasteiger partial charge in [0.25, 0.3) is 0 Å². The molecular weight excluding hydrogens is 434 g/mol. The minimum atomic E-state index is -1.24. The standard InChI is InChI=1S/C26H43N3O5/c1-9-11-19(5)27-23(31)22(20-15-17(3)12-13-18(20)4)29(14-10-2)24(32)21(16-30)28-25(33)34-26(6,7)8/h12-13,15,19,21-22,30H,9-11,14,16H2,1-8H3,(H,27,31)(H,28,33). The molecule has 192 valence electrons. The molecule has 3 unspecified atom stereocenters. The van der Waals surface area contributed by atoms with Crippen LogP contribution in [0.1, 0.15) is 83.5 Å². The van der Waals surface area contributed by atoms with Gasteiger partial charge < -0.3 is 25.4 Å². The average molecular weight is 478 g/mol. The predicted molar refractivity (Wildman–Crippen MR) is 133 cm³/mol. The molecular formula is C26H43N3O5. The number of aliphatic hydroxyl groups excluding tert-OH is 1. The summed E-state index contributed by atoms with van der Waals surface area (Å²) in [7, 11) is 0. The first-order valence-corrected chi connectivity index (χ1v) is 12.1. The molecule has 3 N–H and O–H groups in total. The molecule has 0 saturated carbocycles. The van der Waals surface area contributed by atoms with Crippen LogP contribution in [0.5, 0.6) is 0 Å². The summed E-state index contributed by atoms with van der Waals surface area (Å²) in [6, 6.07) is 3.60. The Kier molecular flexibility index (Phi) is 11.5. The number of ether oxygens (including phenoxy) is 1. The molecule has 1 aromatic carbocycles. The Hall–Kier alpha value is -2.61. The van der Waals surface area contributed by atoms with E-state index in [-0.39, 0.29) is 18.5 Å². The van der Waals surface area contributed by atoms with Gasteiger partial charge in [0.05, 0.1) is 6.61 Å². The number of hydrogen-bond donors (Lipinski definition) is 3. The van der Waals surface area contributed by atoms with Crippen LogP contribution in [0.4, 0.5) is 4.79 Å². The topological polar surface area (TPSA) is 108 Å². The predicted octanol–water partition coefficient (Wildman–Crippen LogP) is 3.77. The van der Waals surface area contributed by atoms with E-state index in [1.807, 2.05) is 52.8 Å². The van der Waals surface area contributed by atoms with Gasteiger partial charge in [-0.05, 0) is 65.5 Å². The van der Waals surface area contributed by atoms with Crippen LogP contribution in [-0.4, -0.2) is 58.8 Å². The lowest BCUT2D eigenvalue weighted by atomic mass is 9.95. The average Bonchev–Trinajstić information content (AvgIpc) is 2.72. The largest absolute Gasteiger partial charge is 0.444 e. The number of carbonyl (C=O) groups excluding carboxylic acids is 3. The number of amides is 3. The first-order valence-electron chi connectivity index (χ1n) is 12.1. The number of benzene rings is 1. The molecule has 8 nitrogen and oxygen atoms in total. The van der Waals surface area contributed by atoms with Gasteiger partial charge in [-0.2, -0.15) is 0 Å². The summed E-state index contributed by atoms with van der Waals surface area (Å²) >= 11 is 0. The van der Waals surface area contributed by atoms with Crippen LogP contribution in [0.3, 0.4) is 0 Å². The summed E-state index contributed by atoms with van der Waals surface area (Å²) < 4.78 is 5.26. The molecule has 0 aliphatic heterocycles. The molecule has 0 saturated heterocycles. The van der Waals surface area contributed by atoms with Gasteiger partial charge in [-0.1, -0.05) is 44.0 Å². The zero-order valence-corrected chi connectivity index (χ0v) is 22.0. The third kappa shape index (κ3) is 8.97.